The summed E-state index contributed by atoms with van der Waals surface area (Å²) >= 11 is 0. The van der Waals surface area contributed by atoms with Gasteiger partial charge in [0.1, 0.15) is 73.8 Å². The van der Waals surface area contributed by atoms with Gasteiger partial charge >= 0.3 is 5.97 Å². The van der Waals surface area contributed by atoms with Crippen LogP contribution in [0.15, 0.2) is 11.6 Å². The van der Waals surface area contributed by atoms with Gasteiger partial charge in [0.25, 0.3) is 0 Å². The molecule has 4 heterocycles. The van der Waals surface area contributed by atoms with E-state index in [4.69, 9.17) is 37.9 Å². The summed E-state index contributed by atoms with van der Waals surface area (Å²) in [4.78, 5) is 12.0. The summed E-state index contributed by atoms with van der Waals surface area (Å²) in [6.45, 7) is 5.01. The van der Waals surface area contributed by atoms with Crippen LogP contribution in [0.5, 0.6) is 0 Å². The first-order chi connectivity index (χ1) is 28.9. The fourth-order valence-electron chi connectivity index (χ4n) is 13.0. The number of aliphatic hydroxyl groups excluding tert-OH is 9. The van der Waals surface area contributed by atoms with Crippen LogP contribution in [-0.2, 0) is 42.7 Å². The van der Waals surface area contributed by atoms with Crippen molar-refractivity contribution >= 4 is 5.97 Å². The van der Waals surface area contributed by atoms with Crippen molar-refractivity contribution < 1.29 is 93.8 Å². The van der Waals surface area contributed by atoms with E-state index in [-0.39, 0.29) is 48.2 Å². The number of ether oxygens (including phenoxy) is 8. The summed E-state index contributed by atoms with van der Waals surface area (Å²) in [5.74, 6) is -0.235. The summed E-state index contributed by atoms with van der Waals surface area (Å²) in [6.07, 6.45) is -15.1. The minimum Gasteiger partial charge on any atom is -0.458 e. The maximum atomic E-state index is 12.6. The fourth-order valence-corrected chi connectivity index (χ4v) is 13.0. The number of esters is 1. The predicted molar refractivity (Wildman–Crippen MR) is 204 cm³/mol. The molecule has 7 fully saturated rings. The van der Waals surface area contributed by atoms with Crippen LogP contribution in [0.4, 0.5) is 0 Å². The lowest BCUT2D eigenvalue weighted by Crippen LogP contribution is -2.65. The number of aliphatic hydroxyl groups is 10. The largest absolute Gasteiger partial charge is 0.458 e. The van der Waals surface area contributed by atoms with Crippen molar-refractivity contribution in [2.24, 2.45) is 34.5 Å². The molecule has 0 amide bonds. The lowest BCUT2D eigenvalue weighted by molar-refractivity contribution is -0.367. The Hall–Kier alpha value is -1.47. The van der Waals surface area contributed by atoms with Crippen molar-refractivity contribution in [2.75, 3.05) is 26.9 Å². The number of carbonyl (C=O) groups is 1. The van der Waals surface area contributed by atoms with Gasteiger partial charge in [0.15, 0.2) is 18.9 Å². The number of hydrogen-bond donors (Lipinski definition) is 10. The monoisotopic (exact) mass is 874 g/mol. The quantitative estimate of drug-likeness (QED) is 0.0818. The Balaban J connectivity index is 0.880. The first-order valence-corrected chi connectivity index (χ1v) is 21.9. The number of cyclic esters (lactones) is 1. The van der Waals surface area contributed by atoms with Crippen molar-refractivity contribution in [1.82, 2.24) is 0 Å². The Morgan fingerprint density at radius 1 is 0.754 bits per heavy atom. The molecular weight excluding hydrogens is 808 g/mol. The van der Waals surface area contributed by atoms with Crippen LogP contribution in [0.25, 0.3) is 0 Å². The number of methoxy groups -OCH3 is 1. The Bertz CT molecular complexity index is 1600. The molecule has 19 nitrogen and oxygen atoms in total. The average Bonchev–Trinajstić information content (AvgIpc) is 3.74. The van der Waals surface area contributed by atoms with Crippen LogP contribution < -0.4 is 0 Å². The summed E-state index contributed by atoms with van der Waals surface area (Å²) in [5.41, 5.74) is -0.986. The van der Waals surface area contributed by atoms with Crippen molar-refractivity contribution in [3.8, 4) is 0 Å². The third-order valence-electron chi connectivity index (χ3n) is 16.5. The molecule has 3 saturated heterocycles. The molecule has 8 rings (SSSR count). The first kappa shape index (κ1) is 46.1. The summed E-state index contributed by atoms with van der Waals surface area (Å²) in [5, 5.41) is 108. The minimum atomic E-state index is -1.78. The third-order valence-corrected chi connectivity index (χ3v) is 16.5. The molecule has 0 unspecified atom stereocenters. The van der Waals surface area contributed by atoms with Gasteiger partial charge < -0.3 is 89.0 Å². The highest BCUT2D eigenvalue weighted by molar-refractivity contribution is 5.85. The molecule has 348 valence electrons. The second kappa shape index (κ2) is 17.4. The Labute approximate surface area is 354 Å². The van der Waals surface area contributed by atoms with E-state index < -0.39 is 128 Å². The van der Waals surface area contributed by atoms with E-state index in [0.29, 0.717) is 6.42 Å². The van der Waals surface area contributed by atoms with E-state index in [1.807, 2.05) is 0 Å². The number of fused-ring (bicyclic) bond motifs is 5. The second-order valence-electron chi connectivity index (χ2n) is 19.5. The Morgan fingerprint density at radius 3 is 2.10 bits per heavy atom. The molecule has 24 atom stereocenters. The lowest BCUT2D eigenvalue weighted by atomic mass is 9.43. The molecule has 0 radical (unpaired) electrons. The van der Waals surface area contributed by atoms with E-state index in [1.165, 1.54) is 13.2 Å². The van der Waals surface area contributed by atoms with Gasteiger partial charge in [0.05, 0.1) is 37.1 Å². The van der Waals surface area contributed by atoms with Gasteiger partial charge in [-0.2, -0.15) is 0 Å². The highest BCUT2D eigenvalue weighted by atomic mass is 16.8. The molecule has 19 heteroatoms. The van der Waals surface area contributed by atoms with Crippen molar-refractivity contribution in [3.05, 3.63) is 11.6 Å². The average molecular weight is 875 g/mol. The highest BCUT2D eigenvalue weighted by Gasteiger charge is 2.70. The summed E-state index contributed by atoms with van der Waals surface area (Å²) < 4.78 is 46.5. The van der Waals surface area contributed by atoms with Gasteiger partial charge in [0.2, 0.25) is 0 Å². The van der Waals surface area contributed by atoms with Gasteiger partial charge in [-0.25, -0.2) is 4.79 Å². The van der Waals surface area contributed by atoms with Crippen LogP contribution in [0.1, 0.15) is 72.1 Å². The summed E-state index contributed by atoms with van der Waals surface area (Å²) in [7, 11) is 1.38. The molecule has 0 aromatic carbocycles. The molecule has 61 heavy (non-hydrogen) atoms. The molecule has 0 bridgehead atoms. The molecule has 8 aliphatic rings. The zero-order chi connectivity index (χ0) is 43.9. The van der Waals surface area contributed by atoms with Crippen LogP contribution in [0.2, 0.25) is 0 Å². The highest BCUT2D eigenvalue weighted by Crippen LogP contribution is 2.70. The smallest absolute Gasteiger partial charge is 0.331 e. The third kappa shape index (κ3) is 7.73. The molecule has 4 saturated carbocycles. The van der Waals surface area contributed by atoms with Crippen LogP contribution in [-0.4, -0.2) is 194 Å². The van der Waals surface area contributed by atoms with E-state index in [2.05, 4.69) is 13.8 Å². The van der Waals surface area contributed by atoms with Gasteiger partial charge in [-0.1, -0.05) is 13.8 Å². The van der Waals surface area contributed by atoms with Gasteiger partial charge in [-0.15, -0.1) is 0 Å². The summed E-state index contributed by atoms with van der Waals surface area (Å²) in [6, 6.07) is 0. The topological polar surface area (TPSA) is 293 Å². The van der Waals surface area contributed by atoms with Crippen LogP contribution in [0, 0.1) is 34.5 Å². The second-order valence-corrected chi connectivity index (χ2v) is 19.5. The molecule has 10 N–H and O–H groups in total. The molecule has 0 spiro atoms. The van der Waals surface area contributed by atoms with Crippen molar-refractivity contribution in [1.29, 1.82) is 0 Å². The predicted octanol–water partition coefficient (Wildman–Crippen LogP) is -2.27. The van der Waals surface area contributed by atoms with E-state index in [0.717, 1.165) is 44.1 Å². The maximum Gasteiger partial charge on any atom is 0.331 e. The zero-order valence-electron chi connectivity index (χ0n) is 35.1. The number of rotatable bonds is 10. The fraction of sp³-hybridized carbons (Fsp3) is 0.929. The van der Waals surface area contributed by atoms with Crippen molar-refractivity contribution in [3.63, 3.8) is 0 Å². The molecule has 4 aliphatic carbocycles. The SMILES string of the molecule is CO[C@H]1[C@@H](O)[C@H](O[C@H]2CC[C@@]3(C)[C@H](CC[C@@H]4[C@@H]3CC[C@]3(C)[C@@H](C5=CC(=O)OC5)[C@@H](O)C[C@]43O)C2)O[C@@H](C)[C@@H]1O[C@@H]1O[C@H](CO[C@@H]2O[C@H](CO)[C@@H](O)[C@H](O)[C@H]2O)[C@@H](O)[C@H](O)[C@H]1O. The molecule has 0 aromatic rings. The van der Waals surface area contributed by atoms with Gasteiger partial charge in [0, 0.05) is 30.9 Å². The first-order valence-electron chi connectivity index (χ1n) is 21.9. The van der Waals surface area contributed by atoms with E-state index in [1.54, 1.807) is 6.92 Å². The van der Waals surface area contributed by atoms with Crippen LogP contribution >= 0.6 is 0 Å². The molecule has 0 aromatic heterocycles. The van der Waals surface area contributed by atoms with Crippen molar-refractivity contribution in [2.45, 2.75) is 182 Å². The minimum absolute atomic E-state index is 0.00622. The normalized spacial score (nSPS) is 55.0. The van der Waals surface area contributed by atoms with E-state index in [9.17, 15) is 55.9 Å². The standard InChI is InChI=1S/C42H66O19/c1-17-35(61-38-33(51)31(49)29(47)25(60-38)16-56-37-32(50)30(48)28(46)24(14-43)59-37)36(54-4)34(52)39(57-17)58-20-7-9-40(2)19(12-20)5-6-22-21(40)8-10-41(3)27(18-11-26(45)55-15-18)23(44)13-42(22,41)53/h11,17,19-25,27-39,43-44,46-53H,5-10,12-16H2,1-4H3/t17-,19+,20-,21-,22+,23-,24+,25+,27-,28+,29+,30-,31-,32+,33+,34+,35-,36-,37+,38-,39-,40-,41+,42-/m0/s1. The maximum absolute atomic E-state index is 12.6. The van der Waals surface area contributed by atoms with E-state index >= 15 is 0 Å². The number of hydrogen-bond acceptors (Lipinski definition) is 19. The number of carbonyl (C=O) groups excluding carboxylic acids is 1. The zero-order valence-corrected chi connectivity index (χ0v) is 35.1. The van der Waals surface area contributed by atoms with Gasteiger partial charge in [-0.3, -0.25) is 0 Å². The Kier molecular flexibility index (Phi) is 13.1. The Morgan fingerprint density at radius 2 is 1.43 bits per heavy atom. The van der Waals surface area contributed by atoms with Crippen LogP contribution in [0.3, 0.4) is 0 Å². The lowest BCUT2D eigenvalue weighted by Gasteiger charge is -2.63. The van der Waals surface area contributed by atoms with Gasteiger partial charge in [-0.05, 0) is 80.6 Å². The molecular formula is C42H66O19. The molecule has 4 aliphatic heterocycles.